The van der Waals surface area contributed by atoms with E-state index in [1.165, 1.54) is 0 Å². The van der Waals surface area contributed by atoms with E-state index in [1.54, 1.807) is 16.7 Å². The van der Waals surface area contributed by atoms with E-state index in [0.717, 1.165) is 34.4 Å². The second-order valence-electron chi connectivity index (χ2n) is 10.1. The fourth-order valence-corrected chi connectivity index (χ4v) is 5.13. The molecule has 0 bridgehead atoms. The van der Waals surface area contributed by atoms with Gasteiger partial charge in [0.25, 0.3) is 5.56 Å². The first-order valence-electron chi connectivity index (χ1n) is 13.6. The zero-order valence-corrected chi connectivity index (χ0v) is 24.2. The third kappa shape index (κ3) is 6.02. The minimum atomic E-state index is -0.604. The smallest absolute Gasteiger partial charge is 0.439 e. The number of halogens is 1. The molecular formula is C32H31ClN4O4. The minimum absolute atomic E-state index is 0.0179. The van der Waals surface area contributed by atoms with Crippen LogP contribution in [0, 0.1) is 6.92 Å². The molecule has 0 fully saturated rings. The molecule has 0 aliphatic heterocycles. The van der Waals surface area contributed by atoms with Crippen LogP contribution in [0.3, 0.4) is 0 Å². The molecule has 0 aliphatic rings. The molecule has 2 aromatic heterocycles. The molecule has 3 aromatic carbocycles. The third-order valence-corrected chi connectivity index (χ3v) is 7.02. The number of hydrogen-bond donors (Lipinski definition) is 1. The van der Waals surface area contributed by atoms with Gasteiger partial charge in [-0.25, -0.2) is 9.78 Å². The Kier molecular flexibility index (Phi) is 8.21. The van der Waals surface area contributed by atoms with Crippen LogP contribution in [0.25, 0.3) is 28.2 Å². The van der Waals surface area contributed by atoms with Crippen LogP contribution < -0.4 is 16.1 Å². The molecule has 0 radical (unpaired) electrons. The zero-order chi connectivity index (χ0) is 29.1. The Morgan fingerprint density at radius 1 is 1.02 bits per heavy atom. The van der Waals surface area contributed by atoms with E-state index < -0.39 is 5.76 Å². The van der Waals surface area contributed by atoms with Crippen LogP contribution in [-0.4, -0.2) is 25.8 Å². The topological polar surface area (TPSA) is 103 Å². The van der Waals surface area contributed by atoms with Gasteiger partial charge in [0, 0.05) is 17.5 Å². The molecule has 5 rings (SSSR count). The van der Waals surface area contributed by atoms with Crippen LogP contribution in [-0.2, 0) is 12.8 Å². The van der Waals surface area contributed by atoms with Crippen molar-refractivity contribution in [3.63, 3.8) is 0 Å². The molecule has 2 heterocycles. The molecule has 9 heteroatoms. The first kappa shape index (κ1) is 28.1. The number of hydrogen-bond acceptors (Lipinski definition) is 6. The average Bonchev–Trinajstić information content (AvgIpc) is 3.38. The van der Waals surface area contributed by atoms with Crippen LogP contribution in [0.5, 0.6) is 5.75 Å². The summed E-state index contributed by atoms with van der Waals surface area (Å²) in [6.07, 6.45) is 1.99. The average molecular weight is 571 g/mol. The van der Waals surface area contributed by atoms with Crippen molar-refractivity contribution in [2.75, 3.05) is 0 Å². The van der Waals surface area contributed by atoms with Gasteiger partial charge in [0.2, 0.25) is 0 Å². The lowest BCUT2D eigenvalue weighted by molar-refractivity contribution is 0.242. The van der Waals surface area contributed by atoms with Gasteiger partial charge < -0.3 is 4.74 Å². The number of aromatic nitrogens is 4. The third-order valence-electron chi connectivity index (χ3n) is 6.72. The number of aromatic amines is 1. The van der Waals surface area contributed by atoms with E-state index in [4.69, 9.17) is 25.8 Å². The molecule has 5 aromatic rings. The summed E-state index contributed by atoms with van der Waals surface area (Å²) < 4.78 is 12.1. The van der Waals surface area contributed by atoms with E-state index in [0.29, 0.717) is 46.5 Å². The Balaban J connectivity index is 1.50. The van der Waals surface area contributed by atoms with Crippen molar-refractivity contribution in [3.8, 4) is 34.0 Å². The zero-order valence-electron chi connectivity index (χ0n) is 23.4. The maximum atomic E-state index is 14.0. The van der Waals surface area contributed by atoms with Crippen molar-refractivity contribution in [1.82, 2.24) is 19.7 Å². The van der Waals surface area contributed by atoms with Crippen molar-refractivity contribution in [2.24, 2.45) is 0 Å². The summed E-state index contributed by atoms with van der Waals surface area (Å²) >= 11 is 6.51. The van der Waals surface area contributed by atoms with Crippen molar-refractivity contribution >= 4 is 11.6 Å². The molecule has 0 unspecified atom stereocenters. The summed E-state index contributed by atoms with van der Waals surface area (Å²) in [5.41, 5.74) is 5.57. The van der Waals surface area contributed by atoms with Gasteiger partial charge in [-0.2, -0.15) is 0 Å². The first-order valence-corrected chi connectivity index (χ1v) is 14.0. The van der Waals surface area contributed by atoms with Gasteiger partial charge in [0.05, 0.1) is 22.5 Å². The van der Waals surface area contributed by atoms with Crippen molar-refractivity contribution in [2.45, 2.75) is 53.1 Å². The molecule has 0 aliphatic carbocycles. The van der Waals surface area contributed by atoms with Gasteiger partial charge in [-0.05, 0) is 62.1 Å². The van der Waals surface area contributed by atoms with Gasteiger partial charge in [-0.1, -0.05) is 78.6 Å². The Hall–Kier alpha value is -4.43. The van der Waals surface area contributed by atoms with E-state index >= 15 is 0 Å². The lowest BCUT2D eigenvalue weighted by Gasteiger charge is -2.17. The fraction of sp³-hybridized carbons (Fsp3) is 0.250. The maximum absolute atomic E-state index is 14.0. The summed E-state index contributed by atoms with van der Waals surface area (Å²) in [5.74, 6) is 0.943. The van der Waals surface area contributed by atoms with Gasteiger partial charge >= 0.3 is 5.76 Å². The van der Waals surface area contributed by atoms with Gasteiger partial charge in [0.1, 0.15) is 11.6 Å². The number of nitrogens with one attached hydrogen (secondary N) is 1. The van der Waals surface area contributed by atoms with Gasteiger partial charge in [-0.3, -0.25) is 18.9 Å². The summed E-state index contributed by atoms with van der Waals surface area (Å²) in [7, 11) is 0. The Labute approximate surface area is 242 Å². The first-order chi connectivity index (χ1) is 19.7. The predicted octanol–water partition coefficient (Wildman–Crippen LogP) is 6.54. The highest BCUT2D eigenvalue weighted by atomic mass is 35.5. The highest BCUT2D eigenvalue weighted by Crippen LogP contribution is 2.31. The van der Waals surface area contributed by atoms with Crippen LogP contribution in [0.1, 0.15) is 49.8 Å². The number of benzene rings is 3. The van der Waals surface area contributed by atoms with E-state index in [2.05, 4.69) is 17.1 Å². The summed E-state index contributed by atoms with van der Waals surface area (Å²) in [6.45, 7) is 7.79. The molecular weight excluding hydrogens is 540 g/mol. The SMILES string of the molecule is CCCc1nc(C)n(-c2ccc(OC(C)C)c(Cl)c2)c(=O)c1Cc1ccc(-c2ccccc2-c2noc(=O)[nH]2)cc1. The Morgan fingerprint density at radius 2 is 1.76 bits per heavy atom. The molecule has 0 atom stereocenters. The van der Waals surface area contributed by atoms with Crippen LogP contribution in [0.2, 0.25) is 5.02 Å². The largest absolute Gasteiger partial charge is 0.489 e. The van der Waals surface area contributed by atoms with Crippen LogP contribution >= 0.6 is 11.6 Å². The van der Waals surface area contributed by atoms with Crippen LogP contribution in [0.4, 0.5) is 0 Å². The maximum Gasteiger partial charge on any atom is 0.439 e. The monoisotopic (exact) mass is 570 g/mol. The molecule has 41 heavy (non-hydrogen) atoms. The molecule has 210 valence electrons. The standard InChI is InChI=1S/C32H31ClN4O4/c1-5-8-28-26(31(38)37(20(4)34-28)23-15-16-29(27(33)18-23)40-19(2)3)17-21-11-13-22(14-12-21)24-9-6-7-10-25(24)30-35-32(39)41-36-30/h6-7,9-16,18-19H,5,8,17H2,1-4H3,(H,35,36,39). The summed E-state index contributed by atoms with van der Waals surface area (Å²) in [4.78, 5) is 32.9. The number of H-pyrrole nitrogens is 1. The Morgan fingerprint density at radius 3 is 2.39 bits per heavy atom. The molecule has 1 N–H and O–H groups in total. The number of nitrogens with zero attached hydrogens (tertiary/aromatic N) is 3. The van der Waals surface area contributed by atoms with Gasteiger partial charge in [-0.15, -0.1) is 0 Å². The predicted molar refractivity (Wildman–Crippen MR) is 160 cm³/mol. The van der Waals surface area contributed by atoms with E-state index in [9.17, 15) is 9.59 Å². The van der Waals surface area contributed by atoms with Gasteiger partial charge in [0.15, 0.2) is 5.82 Å². The number of aryl methyl sites for hydroxylation is 2. The highest BCUT2D eigenvalue weighted by Gasteiger charge is 2.18. The van der Waals surface area contributed by atoms with Crippen molar-refractivity contribution in [1.29, 1.82) is 0 Å². The van der Waals surface area contributed by atoms with Crippen LogP contribution in [0.15, 0.2) is 80.8 Å². The Bertz CT molecular complexity index is 1800. The lowest BCUT2D eigenvalue weighted by Crippen LogP contribution is -2.28. The lowest BCUT2D eigenvalue weighted by atomic mass is 9.96. The molecule has 0 saturated carbocycles. The normalized spacial score (nSPS) is 11.3. The second kappa shape index (κ2) is 12.0. The molecule has 0 spiro atoms. The van der Waals surface area contributed by atoms with Crippen molar-refractivity contribution < 1.29 is 9.26 Å². The molecule has 0 saturated heterocycles. The number of rotatable bonds is 9. The summed E-state index contributed by atoms with van der Waals surface area (Å²) in [5, 5.41) is 4.28. The van der Waals surface area contributed by atoms with E-state index in [-0.39, 0.29) is 11.7 Å². The fourth-order valence-electron chi connectivity index (χ4n) is 4.92. The quantitative estimate of drug-likeness (QED) is 0.216. The van der Waals surface area contributed by atoms with Crippen molar-refractivity contribution in [3.05, 3.63) is 115 Å². The van der Waals surface area contributed by atoms with E-state index in [1.807, 2.05) is 75.4 Å². The molecule has 8 nitrogen and oxygen atoms in total. The summed E-state index contributed by atoms with van der Waals surface area (Å²) in [6, 6.07) is 21.0. The number of ether oxygens (including phenoxy) is 1. The second-order valence-corrected chi connectivity index (χ2v) is 10.5. The highest BCUT2D eigenvalue weighted by molar-refractivity contribution is 6.32. The molecule has 0 amide bonds. The minimum Gasteiger partial charge on any atom is -0.489 e.